The minimum Gasteiger partial charge on any atom is -0.351 e. The van der Waals surface area contributed by atoms with Gasteiger partial charge in [0.2, 0.25) is 0 Å². The van der Waals surface area contributed by atoms with Crippen molar-refractivity contribution in [1.29, 1.82) is 0 Å². The molecule has 0 saturated heterocycles. The number of amides is 2. The van der Waals surface area contributed by atoms with Gasteiger partial charge in [-0.3, -0.25) is 9.88 Å². The summed E-state index contributed by atoms with van der Waals surface area (Å²) in [6.45, 7) is 0. The Morgan fingerprint density at radius 1 is 1.21 bits per heavy atom. The summed E-state index contributed by atoms with van der Waals surface area (Å²) in [5.74, 6) is 0. The van der Waals surface area contributed by atoms with Crippen LogP contribution in [-0.2, 0) is 0 Å². The van der Waals surface area contributed by atoms with E-state index in [4.69, 9.17) is 40.5 Å². The molecule has 2 aromatic rings. The zero-order valence-electron chi connectivity index (χ0n) is 9.48. The highest BCUT2D eigenvalue weighted by atomic mass is 35.5. The van der Waals surface area contributed by atoms with Gasteiger partial charge in [0.1, 0.15) is 0 Å². The predicted molar refractivity (Wildman–Crippen MR) is 77.4 cm³/mol. The summed E-state index contributed by atoms with van der Waals surface area (Å²) in [7, 11) is 0. The number of halogens is 3. The average molecular weight is 317 g/mol. The van der Waals surface area contributed by atoms with Crippen LogP contribution in [0, 0.1) is 0 Å². The van der Waals surface area contributed by atoms with Gasteiger partial charge in [0.15, 0.2) is 0 Å². The van der Waals surface area contributed by atoms with E-state index in [1.165, 1.54) is 23.2 Å². The van der Waals surface area contributed by atoms with Crippen molar-refractivity contribution in [2.75, 3.05) is 4.90 Å². The third kappa shape index (κ3) is 2.92. The first-order chi connectivity index (χ1) is 9.00. The van der Waals surface area contributed by atoms with E-state index in [-0.39, 0.29) is 15.7 Å². The van der Waals surface area contributed by atoms with Gasteiger partial charge in [0, 0.05) is 11.2 Å². The van der Waals surface area contributed by atoms with E-state index >= 15 is 0 Å². The number of primary amides is 1. The Kier molecular flexibility index (Phi) is 4.14. The summed E-state index contributed by atoms with van der Waals surface area (Å²) in [6.07, 6.45) is 3.06. The number of nitrogens with zero attached hydrogens (tertiary/aromatic N) is 2. The fourth-order valence-electron chi connectivity index (χ4n) is 1.60. The van der Waals surface area contributed by atoms with E-state index in [9.17, 15) is 4.79 Å². The molecule has 1 aromatic heterocycles. The molecule has 19 heavy (non-hydrogen) atoms. The van der Waals surface area contributed by atoms with Crippen LogP contribution in [0.4, 0.5) is 16.2 Å². The topological polar surface area (TPSA) is 59.2 Å². The largest absolute Gasteiger partial charge is 0.351 e. The number of anilines is 2. The monoisotopic (exact) mass is 315 g/mol. The van der Waals surface area contributed by atoms with Crippen molar-refractivity contribution in [2.24, 2.45) is 5.73 Å². The van der Waals surface area contributed by atoms with Crippen molar-refractivity contribution in [3.8, 4) is 0 Å². The zero-order chi connectivity index (χ0) is 14.0. The van der Waals surface area contributed by atoms with Crippen LogP contribution in [0.1, 0.15) is 0 Å². The molecule has 0 atom stereocenters. The van der Waals surface area contributed by atoms with Crippen molar-refractivity contribution in [2.45, 2.75) is 0 Å². The summed E-state index contributed by atoms with van der Waals surface area (Å²) in [5.41, 5.74) is 6.12. The number of nitrogens with two attached hydrogens (primary N) is 1. The molecule has 0 fully saturated rings. The van der Waals surface area contributed by atoms with Crippen LogP contribution in [0.25, 0.3) is 0 Å². The number of aromatic nitrogens is 1. The average Bonchev–Trinajstić information content (AvgIpc) is 2.34. The Morgan fingerprint density at radius 3 is 2.32 bits per heavy atom. The lowest BCUT2D eigenvalue weighted by atomic mass is 10.2. The van der Waals surface area contributed by atoms with Crippen LogP contribution in [-0.4, -0.2) is 11.0 Å². The van der Waals surface area contributed by atoms with Gasteiger partial charge in [-0.15, -0.1) is 0 Å². The van der Waals surface area contributed by atoms with Gasteiger partial charge >= 0.3 is 6.03 Å². The smallest absolute Gasteiger partial charge is 0.324 e. The summed E-state index contributed by atoms with van der Waals surface area (Å²) in [4.78, 5) is 16.8. The molecule has 98 valence electrons. The molecular weight excluding hydrogens is 309 g/mol. The van der Waals surface area contributed by atoms with E-state index in [0.29, 0.717) is 10.7 Å². The van der Waals surface area contributed by atoms with E-state index in [1.807, 2.05) is 0 Å². The number of hydrogen-bond donors (Lipinski definition) is 1. The molecule has 4 nitrogen and oxygen atoms in total. The maximum absolute atomic E-state index is 11.7. The van der Waals surface area contributed by atoms with Gasteiger partial charge in [-0.25, -0.2) is 4.79 Å². The van der Waals surface area contributed by atoms with Crippen LogP contribution in [0.5, 0.6) is 0 Å². The summed E-state index contributed by atoms with van der Waals surface area (Å²) < 4.78 is 0. The minimum absolute atomic E-state index is 0.222. The lowest BCUT2D eigenvalue weighted by molar-refractivity contribution is 0.256. The number of hydrogen-bond acceptors (Lipinski definition) is 2. The Bertz CT molecular complexity index is 596. The van der Waals surface area contributed by atoms with Gasteiger partial charge in [0.05, 0.1) is 27.6 Å². The Labute approximate surface area is 124 Å². The number of rotatable bonds is 2. The number of carbonyl (C=O) groups excluding carboxylic acids is 1. The van der Waals surface area contributed by atoms with Gasteiger partial charge < -0.3 is 5.73 Å². The molecule has 1 aromatic carbocycles. The molecule has 0 radical (unpaired) electrons. The van der Waals surface area contributed by atoms with Gasteiger partial charge in [-0.1, -0.05) is 34.8 Å². The van der Waals surface area contributed by atoms with Gasteiger partial charge in [-0.05, 0) is 24.3 Å². The molecule has 2 amide bonds. The lowest BCUT2D eigenvalue weighted by Crippen LogP contribution is -2.32. The summed E-state index contributed by atoms with van der Waals surface area (Å²) in [6, 6.07) is 5.58. The van der Waals surface area contributed by atoms with Gasteiger partial charge in [0.25, 0.3) is 0 Å². The Balaban J connectivity index is 2.62. The molecular formula is C12H8Cl3N3O. The first-order valence-electron chi connectivity index (χ1n) is 5.15. The third-order valence-corrected chi connectivity index (χ3v) is 3.12. The molecule has 0 saturated carbocycles. The Hall–Kier alpha value is -1.49. The molecule has 2 N–H and O–H groups in total. The van der Waals surface area contributed by atoms with E-state index < -0.39 is 6.03 Å². The van der Waals surface area contributed by atoms with Gasteiger partial charge in [-0.2, -0.15) is 0 Å². The molecule has 0 spiro atoms. The van der Waals surface area contributed by atoms with Crippen LogP contribution in [0.3, 0.4) is 0 Å². The zero-order valence-corrected chi connectivity index (χ0v) is 11.7. The fraction of sp³-hybridized carbons (Fsp3) is 0. The van der Waals surface area contributed by atoms with E-state index in [1.54, 1.807) is 18.3 Å². The predicted octanol–water partition coefficient (Wildman–Crippen LogP) is 4.26. The fourth-order valence-corrected chi connectivity index (χ4v) is 2.59. The van der Waals surface area contributed by atoms with Crippen LogP contribution < -0.4 is 10.6 Å². The first kappa shape index (κ1) is 13.9. The van der Waals surface area contributed by atoms with Crippen molar-refractivity contribution < 1.29 is 4.79 Å². The Morgan fingerprint density at radius 2 is 1.84 bits per heavy atom. The second-order valence-electron chi connectivity index (χ2n) is 3.60. The van der Waals surface area contributed by atoms with Crippen LogP contribution in [0.15, 0.2) is 36.7 Å². The quantitative estimate of drug-likeness (QED) is 0.900. The number of benzene rings is 1. The van der Waals surface area contributed by atoms with Crippen molar-refractivity contribution in [3.63, 3.8) is 0 Å². The highest BCUT2D eigenvalue weighted by molar-refractivity contribution is 6.42. The van der Waals surface area contributed by atoms with Crippen molar-refractivity contribution in [3.05, 3.63) is 51.7 Å². The standard InChI is InChI=1S/C12H8Cl3N3O/c13-7-4-9(14)11(10(15)5-7)18(12(16)19)8-2-1-3-17-6-8/h1-6H,(H2,16,19). The number of urea groups is 1. The number of carbonyl (C=O) groups is 1. The molecule has 0 aliphatic carbocycles. The first-order valence-corrected chi connectivity index (χ1v) is 6.28. The maximum Gasteiger partial charge on any atom is 0.324 e. The number of pyridine rings is 1. The minimum atomic E-state index is -0.723. The molecule has 0 bridgehead atoms. The highest BCUT2D eigenvalue weighted by Gasteiger charge is 2.21. The molecule has 1 heterocycles. The normalized spacial score (nSPS) is 10.3. The molecule has 0 aliphatic heterocycles. The molecule has 0 unspecified atom stereocenters. The molecule has 7 heteroatoms. The van der Waals surface area contributed by atoms with E-state index in [2.05, 4.69) is 4.98 Å². The maximum atomic E-state index is 11.7. The van der Waals surface area contributed by atoms with Crippen molar-refractivity contribution in [1.82, 2.24) is 4.98 Å². The van der Waals surface area contributed by atoms with E-state index in [0.717, 1.165) is 0 Å². The lowest BCUT2D eigenvalue weighted by Gasteiger charge is -2.22. The van der Waals surface area contributed by atoms with Crippen LogP contribution in [0.2, 0.25) is 15.1 Å². The van der Waals surface area contributed by atoms with Crippen molar-refractivity contribution >= 4 is 52.2 Å². The highest BCUT2D eigenvalue weighted by Crippen LogP contribution is 2.39. The summed E-state index contributed by atoms with van der Waals surface area (Å²) in [5, 5.41) is 0.815. The second-order valence-corrected chi connectivity index (χ2v) is 4.85. The van der Waals surface area contributed by atoms with Crippen LogP contribution >= 0.6 is 34.8 Å². The molecule has 2 rings (SSSR count). The molecule has 0 aliphatic rings. The third-order valence-electron chi connectivity index (χ3n) is 2.33. The second kappa shape index (κ2) is 5.65. The SMILES string of the molecule is NC(=O)N(c1cccnc1)c1c(Cl)cc(Cl)cc1Cl. The summed E-state index contributed by atoms with van der Waals surface area (Å²) >= 11 is 18.0.